The molecule has 0 aliphatic rings. The molecule has 0 saturated carbocycles. The number of hydrogen-bond acceptors (Lipinski definition) is 3. The normalized spacial score (nSPS) is 15.1. The van der Waals surface area contributed by atoms with Crippen molar-refractivity contribution in [2.75, 3.05) is 0 Å². The summed E-state index contributed by atoms with van der Waals surface area (Å²) in [5, 5.41) is 0. The number of hydrogen-bond donors (Lipinski definition) is 3. The van der Waals surface area contributed by atoms with E-state index in [9.17, 15) is 14.7 Å². The average molecular weight is 229 g/mol. The predicted molar refractivity (Wildman–Crippen MR) is 62.2 cm³/mol. The van der Waals surface area contributed by atoms with Gasteiger partial charge in [-0.3, -0.25) is 0 Å². The lowest BCUT2D eigenvalue weighted by Gasteiger charge is -2.29. The first-order chi connectivity index (χ1) is 6.73. The summed E-state index contributed by atoms with van der Waals surface area (Å²) < 4.78 is 0. The molecule has 4 heteroatoms. The summed E-state index contributed by atoms with van der Waals surface area (Å²) in [4.78, 5) is 28.5. The van der Waals surface area contributed by atoms with Gasteiger partial charge in [-0.05, 0) is 0 Å². The number of rotatable bonds is 2. The van der Waals surface area contributed by atoms with Crippen LogP contribution in [-0.2, 0) is 0 Å². The van der Waals surface area contributed by atoms with Crippen LogP contribution in [0.5, 0.6) is 0 Å². The summed E-state index contributed by atoms with van der Waals surface area (Å²) in [5.74, 6) is 0. The number of benzene rings is 1. The molecule has 0 saturated heterocycles. The lowest BCUT2D eigenvalue weighted by molar-refractivity contribution is 0.265. The van der Waals surface area contributed by atoms with Crippen molar-refractivity contribution in [3.05, 3.63) is 35.9 Å². The molecule has 0 radical (unpaired) electrons. The summed E-state index contributed by atoms with van der Waals surface area (Å²) >= 11 is 0. The van der Waals surface area contributed by atoms with Gasteiger partial charge in [-0.15, -0.1) is 0 Å². The fourth-order valence-corrected chi connectivity index (χ4v) is 3.47. The molecule has 15 heavy (non-hydrogen) atoms. The van der Waals surface area contributed by atoms with Crippen molar-refractivity contribution in [2.45, 2.75) is 26.4 Å². The molecule has 0 aromatic heterocycles. The topological polar surface area (TPSA) is 60.7 Å². The Balaban J connectivity index is 3.15. The fraction of sp³-hybridized carbons (Fsp3) is 0.455. The van der Waals surface area contributed by atoms with Crippen molar-refractivity contribution in [3.8, 4) is 0 Å². The minimum absolute atomic E-state index is 0.395. The quantitative estimate of drug-likeness (QED) is 0.683. The molecule has 0 aliphatic carbocycles. The summed E-state index contributed by atoms with van der Waals surface area (Å²) in [6.45, 7) is 5.63. The molecular formula is C11H18O3P+. The zero-order valence-electron chi connectivity index (χ0n) is 9.25. The van der Waals surface area contributed by atoms with Gasteiger partial charge in [0.2, 0.25) is 0 Å². The molecule has 1 aromatic carbocycles. The van der Waals surface area contributed by atoms with Crippen LogP contribution >= 0.6 is 7.94 Å². The molecule has 0 amide bonds. The van der Waals surface area contributed by atoms with Crippen LogP contribution in [0.2, 0.25) is 0 Å². The highest BCUT2D eigenvalue weighted by Gasteiger charge is 2.50. The highest BCUT2D eigenvalue weighted by atomic mass is 31.2. The first-order valence-corrected chi connectivity index (χ1v) is 6.56. The van der Waals surface area contributed by atoms with E-state index in [0.717, 1.165) is 5.56 Å². The highest BCUT2D eigenvalue weighted by Crippen LogP contribution is 2.65. The van der Waals surface area contributed by atoms with E-state index in [-0.39, 0.29) is 0 Å². The van der Waals surface area contributed by atoms with E-state index < -0.39 is 19.0 Å². The van der Waals surface area contributed by atoms with E-state index in [1.54, 1.807) is 12.1 Å². The minimum Gasteiger partial charge on any atom is -0.192 e. The fourth-order valence-electron chi connectivity index (χ4n) is 1.85. The maximum Gasteiger partial charge on any atom is 0.412 e. The molecular weight excluding hydrogens is 211 g/mol. The van der Waals surface area contributed by atoms with Gasteiger partial charge in [0.05, 0.1) is 0 Å². The molecule has 3 N–H and O–H groups in total. The molecule has 3 nitrogen and oxygen atoms in total. The van der Waals surface area contributed by atoms with Crippen LogP contribution in [0.25, 0.3) is 0 Å². The Hall–Kier alpha value is -0.470. The summed E-state index contributed by atoms with van der Waals surface area (Å²) in [7, 11) is -3.87. The monoisotopic (exact) mass is 229 g/mol. The molecule has 1 unspecified atom stereocenters. The molecule has 1 aromatic rings. The van der Waals surface area contributed by atoms with Crippen LogP contribution in [0.4, 0.5) is 0 Å². The molecule has 1 atom stereocenters. The van der Waals surface area contributed by atoms with E-state index in [1.165, 1.54) is 0 Å². The Labute approximate surface area is 91.0 Å². The maximum atomic E-state index is 9.49. The van der Waals surface area contributed by atoms with Crippen LogP contribution in [0, 0.1) is 5.41 Å². The van der Waals surface area contributed by atoms with E-state index in [0.29, 0.717) is 0 Å². The Morgan fingerprint density at radius 2 is 1.47 bits per heavy atom. The second kappa shape index (κ2) is 4.18. The molecule has 1 rings (SSSR count). The Bertz CT molecular complexity index is 297. The SMILES string of the molecule is CC(C)(C)C(c1ccccc1)[P+](O)(O)O. The lowest BCUT2D eigenvalue weighted by Crippen LogP contribution is -2.21. The highest BCUT2D eigenvalue weighted by molar-refractivity contribution is 7.59. The second-order valence-corrected chi connectivity index (χ2v) is 6.54. The molecule has 0 spiro atoms. The third-order valence-corrected chi connectivity index (χ3v) is 4.05. The van der Waals surface area contributed by atoms with E-state index in [1.807, 2.05) is 39.0 Å². The third-order valence-electron chi connectivity index (χ3n) is 2.28. The maximum absolute atomic E-state index is 9.49. The standard InChI is InChI=1S/C11H18O3P/c1-11(2,3)10(15(12,13)14)9-7-5-4-6-8-9/h4-8,10,12-14H,1-3H3/q+1. The Morgan fingerprint density at radius 1 is 1.00 bits per heavy atom. The summed E-state index contributed by atoms with van der Waals surface area (Å²) in [6.07, 6.45) is 0. The van der Waals surface area contributed by atoms with E-state index in [2.05, 4.69) is 0 Å². The predicted octanol–water partition coefficient (Wildman–Crippen LogP) is 2.51. The first kappa shape index (κ1) is 12.6. The molecule has 84 valence electrons. The van der Waals surface area contributed by atoms with Gasteiger partial charge in [0.1, 0.15) is 0 Å². The van der Waals surface area contributed by atoms with Crippen LogP contribution in [0.3, 0.4) is 0 Å². The van der Waals surface area contributed by atoms with Gasteiger partial charge in [0.15, 0.2) is 5.66 Å². The van der Waals surface area contributed by atoms with Crippen molar-refractivity contribution in [1.29, 1.82) is 0 Å². The van der Waals surface area contributed by atoms with Crippen molar-refractivity contribution in [1.82, 2.24) is 0 Å². The Kier molecular flexibility index (Phi) is 3.51. The van der Waals surface area contributed by atoms with Crippen LogP contribution in [-0.4, -0.2) is 14.7 Å². The van der Waals surface area contributed by atoms with Crippen molar-refractivity contribution >= 4 is 7.94 Å². The first-order valence-electron chi connectivity index (χ1n) is 4.85. The van der Waals surface area contributed by atoms with E-state index in [4.69, 9.17) is 0 Å². The lowest BCUT2D eigenvalue weighted by atomic mass is 9.87. The van der Waals surface area contributed by atoms with Crippen LogP contribution in [0.15, 0.2) is 30.3 Å². The zero-order valence-corrected chi connectivity index (χ0v) is 10.1. The zero-order chi connectivity index (χ0) is 11.7. The third kappa shape index (κ3) is 3.25. The molecule has 0 fully saturated rings. The Morgan fingerprint density at radius 3 is 1.80 bits per heavy atom. The van der Waals surface area contributed by atoms with Gasteiger partial charge in [-0.25, -0.2) is 0 Å². The van der Waals surface area contributed by atoms with Crippen LogP contribution < -0.4 is 0 Å². The second-order valence-electron chi connectivity index (χ2n) is 4.79. The smallest absolute Gasteiger partial charge is 0.192 e. The van der Waals surface area contributed by atoms with Gasteiger partial charge in [-0.2, -0.15) is 14.7 Å². The van der Waals surface area contributed by atoms with Crippen molar-refractivity contribution in [2.24, 2.45) is 5.41 Å². The molecule has 0 bridgehead atoms. The summed E-state index contributed by atoms with van der Waals surface area (Å²) in [6, 6.07) is 9.10. The summed E-state index contributed by atoms with van der Waals surface area (Å²) in [5.41, 5.74) is -0.273. The van der Waals surface area contributed by atoms with Gasteiger partial charge in [0.25, 0.3) is 0 Å². The molecule has 0 aliphatic heterocycles. The van der Waals surface area contributed by atoms with Crippen molar-refractivity contribution < 1.29 is 14.7 Å². The van der Waals surface area contributed by atoms with Gasteiger partial charge < -0.3 is 0 Å². The minimum atomic E-state index is -3.87. The van der Waals surface area contributed by atoms with Crippen LogP contribution in [0.1, 0.15) is 32.0 Å². The van der Waals surface area contributed by atoms with Gasteiger partial charge in [-0.1, -0.05) is 51.1 Å². The average Bonchev–Trinajstić information content (AvgIpc) is 2.00. The molecule has 0 heterocycles. The largest absolute Gasteiger partial charge is 0.412 e. The van der Waals surface area contributed by atoms with E-state index >= 15 is 0 Å². The van der Waals surface area contributed by atoms with Crippen molar-refractivity contribution in [3.63, 3.8) is 0 Å². The van der Waals surface area contributed by atoms with Gasteiger partial charge >= 0.3 is 7.94 Å². The van der Waals surface area contributed by atoms with Gasteiger partial charge in [0, 0.05) is 11.0 Å².